The zero-order valence-corrected chi connectivity index (χ0v) is 14.3. The van der Waals surface area contributed by atoms with E-state index in [0.717, 1.165) is 39.0 Å². The molecule has 0 radical (unpaired) electrons. The number of ether oxygens (including phenoxy) is 2. The Morgan fingerprint density at radius 2 is 1.25 bits per heavy atom. The van der Waals surface area contributed by atoms with Crippen LogP contribution in [0.25, 0.3) is 0 Å². The molecule has 0 saturated carbocycles. The summed E-state index contributed by atoms with van der Waals surface area (Å²) in [5.41, 5.74) is 2.44. The SMILES string of the molecule is C(CCCOCc1ccccc1)=NCCCOCc1ccccc1. The van der Waals surface area contributed by atoms with E-state index in [9.17, 15) is 0 Å². The van der Waals surface area contributed by atoms with Gasteiger partial charge in [-0.3, -0.25) is 4.99 Å². The van der Waals surface area contributed by atoms with Crippen molar-refractivity contribution in [1.82, 2.24) is 0 Å². The fourth-order valence-electron chi connectivity index (χ4n) is 2.25. The summed E-state index contributed by atoms with van der Waals surface area (Å²) < 4.78 is 11.3. The van der Waals surface area contributed by atoms with Crippen LogP contribution in [-0.2, 0) is 22.7 Å². The number of hydrogen-bond donors (Lipinski definition) is 0. The van der Waals surface area contributed by atoms with Crippen LogP contribution < -0.4 is 0 Å². The van der Waals surface area contributed by atoms with Gasteiger partial charge in [0.15, 0.2) is 0 Å². The van der Waals surface area contributed by atoms with Crippen LogP contribution in [0.1, 0.15) is 30.4 Å². The molecular formula is C21H27NO2. The van der Waals surface area contributed by atoms with Crippen LogP contribution in [0.5, 0.6) is 0 Å². The summed E-state index contributed by atoms with van der Waals surface area (Å²) in [4.78, 5) is 4.41. The lowest BCUT2D eigenvalue weighted by molar-refractivity contribution is 0.119. The van der Waals surface area contributed by atoms with E-state index in [1.54, 1.807) is 0 Å². The Morgan fingerprint density at radius 3 is 1.83 bits per heavy atom. The van der Waals surface area contributed by atoms with E-state index in [1.165, 1.54) is 11.1 Å². The molecule has 0 bridgehead atoms. The summed E-state index contributed by atoms with van der Waals surface area (Å²) in [5, 5.41) is 0. The second-order valence-electron chi connectivity index (χ2n) is 5.66. The Kier molecular flexibility index (Phi) is 9.53. The Labute approximate surface area is 145 Å². The monoisotopic (exact) mass is 325 g/mol. The third-order valence-corrected chi connectivity index (χ3v) is 3.55. The Morgan fingerprint density at radius 1 is 0.708 bits per heavy atom. The van der Waals surface area contributed by atoms with Gasteiger partial charge in [0.2, 0.25) is 0 Å². The Bertz CT molecular complexity index is 503. The summed E-state index contributed by atoms with van der Waals surface area (Å²) in [7, 11) is 0. The van der Waals surface area contributed by atoms with Gasteiger partial charge in [0, 0.05) is 19.8 Å². The normalized spacial score (nSPS) is 11.2. The van der Waals surface area contributed by atoms with E-state index < -0.39 is 0 Å². The predicted molar refractivity (Wildman–Crippen MR) is 99.4 cm³/mol. The second kappa shape index (κ2) is 12.5. The molecule has 0 heterocycles. The zero-order chi connectivity index (χ0) is 16.7. The molecular weight excluding hydrogens is 298 g/mol. The molecule has 0 amide bonds. The first-order valence-corrected chi connectivity index (χ1v) is 8.67. The molecule has 2 aromatic carbocycles. The molecule has 3 heteroatoms. The maximum Gasteiger partial charge on any atom is 0.0716 e. The molecule has 0 aliphatic carbocycles. The first kappa shape index (κ1) is 18.4. The molecule has 0 aromatic heterocycles. The van der Waals surface area contributed by atoms with Gasteiger partial charge in [-0.25, -0.2) is 0 Å². The lowest BCUT2D eigenvalue weighted by atomic mass is 10.2. The van der Waals surface area contributed by atoms with Gasteiger partial charge < -0.3 is 9.47 Å². The van der Waals surface area contributed by atoms with E-state index in [2.05, 4.69) is 29.3 Å². The molecule has 0 N–H and O–H groups in total. The van der Waals surface area contributed by atoms with E-state index in [-0.39, 0.29) is 0 Å². The lowest BCUT2D eigenvalue weighted by Crippen LogP contribution is -1.98. The molecule has 128 valence electrons. The van der Waals surface area contributed by atoms with Crippen molar-refractivity contribution in [3.63, 3.8) is 0 Å². The van der Waals surface area contributed by atoms with E-state index in [1.807, 2.05) is 42.6 Å². The molecule has 0 atom stereocenters. The van der Waals surface area contributed by atoms with Crippen LogP contribution in [0.4, 0.5) is 0 Å². The Hall–Kier alpha value is -1.97. The minimum Gasteiger partial charge on any atom is -0.377 e. The molecule has 3 nitrogen and oxygen atoms in total. The summed E-state index contributed by atoms with van der Waals surface area (Å²) in [6.45, 7) is 3.74. The number of nitrogens with zero attached hydrogens (tertiary/aromatic N) is 1. The van der Waals surface area contributed by atoms with E-state index in [4.69, 9.17) is 9.47 Å². The van der Waals surface area contributed by atoms with Gasteiger partial charge in [0.05, 0.1) is 13.2 Å². The standard InChI is InChI=1S/C21H27NO2/c1-3-10-20(11-4-1)18-23-16-8-7-14-22-15-9-17-24-19-21-12-5-2-6-13-21/h1-6,10-14H,7-9,15-19H2. The lowest BCUT2D eigenvalue weighted by Gasteiger charge is -2.03. The number of aliphatic imine (C=N–C) groups is 1. The van der Waals surface area contributed by atoms with Crippen LogP contribution >= 0.6 is 0 Å². The molecule has 24 heavy (non-hydrogen) atoms. The maximum atomic E-state index is 5.64. The molecule has 0 aliphatic heterocycles. The van der Waals surface area contributed by atoms with E-state index in [0.29, 0.717) is 13.2 Å². The number of hydrogen-bond acceptors (Lipinski definition) is 3. The molecule has 0 unspecified atom stereocenters. The highest BCUT2D eigenvalue weighted by Crippen LogP contribution is 2.02. The van der Waals surface area contributed by atoms with Crippen molar-refractivity contribution in [2.75, 3.05) is 19.8 Å². The van der Waals surface area contributed by atoms with Gasteiger partial charge in [-0.05, 0) is 36.6 Å². The van der Waals surface area contributed by atoms with Gasteiger partial charge in [-0.15, -0.1) is 0 Å². The molecule has 0 saturated heterocycles. The average molecular weight is 325 g/mol. The third-order valence-electron chi connectivity index (χ3n) is 3.55. The van der Waals surface area contributed by atoms with Crippen LogP contribution in [0.3, 0.4) is 0 Å². The van der Waals surface area contributed by atoms with Crippen molar-refractivity contribution in [3.05, 3.63) is 71.8 Å². The van der Waals surface area contributed by atoms with Gasteiger partial charge >= 0.3 is 0 Å². The first-order valence-electron chi connectivity index (χ1n) is 8.67. The van der Waals surface area contributed by atoms with Crippen molar-refractivity contribution < 1.29 is 9.47 Å². The van der Waals surface area contributed by atoms with E-state index >= 15 is 0 Å². The molecule has 0 spiro atoms. The average Bonchev–Trinajstić information content (AvgIpc) is 2.64. The number of unbranched alkanes of at least 4 members (excludes halogenated alkanes) is 1. The van der Waals surface area contributed by atoms with Gasteiger partial charge in [0.1, 0.15) is 0 Å². The van der Waals surface area contributed by atoms with Crippen molar-refractivity contribution >= 4 is 6.21 Å². The largest absolute Gasteiger partial charge is 0.377 e. The van der Waals surface area contributed by atoms with Crippen LogP contribution in [0.15, 0.2) is 65.7 Å². The summed E-state index contributed by atoms with van der Waals surface area (Å²) in [5.74, 6) is 0. The minimum absolute atomic E-state index is 0.684. The van der Waals surface area contributed by atoms with Crippen LogP contribution in [-0.4, -0.2) is 26.0 Å². The van der Waals surface area contributed by atoms with Gasteiger partial charge in [-0.1, -0.05) is 60.7 Å². The minimum atomic E-state index is 0.684. The summed E-state index contributed by atoms with van der Waals surface area (Å²) in [6, 6.07) is 20.5. The Balaban J connectivity index is 1.37. The highest BCUT2D eigenvalue weighted by atomic mass is 16.5. The molecule has 0 aliphatic rings. The molecule has 2 rings (SSSR count). The highest BCUT2D eigenvalue weighted by molar-refractivity contribution is 5.56. The van der Waals surface area contributed by atoms with Gasteiger partial charge in [-0.2, -0.15) is 0 Å². The highest BCUT2D eigenvalue weighted by Gasteiger charge is 1.93. The molecule has 2 aromatic rings. The first-order chi connectivity index (χ1) is 11.9. The fraction of sp³-hybridized carbons (Fsp3) is 0.381. The van der Waals surface area contributed by atoms with Crippen LogP contribution in [0.2, 0.25) is 0 Å². The molecule has 0 fully saturated rings. The topological polar surface area (TPSA) is 30.8 Å². The van der Waals surface area contributed by atoms with Crippen molar-refractivity contribution in [2.24, 2.45) is 4.99 Å². The number of rotatable bonds is 12. The summed E-state index contributed by atoms with van der Waals surface area (Å²) >= 11 is 0. The van der Waals surface area contributed by atoms with Gasteiger partial charge in [0.25, 0.3) is 0 Å². The van der Waals surface area contributed by atoms with Crippen molar-refractivity contribution in [1.29, 1.82) is 0 Å². The van der Waals surface area contributed by atoms with Crippen molar-refractivity contribution in [2.45, 2.75) is 32.5 Å². The van der Waals surface area contributed by atoms with Crippen molar-refractivity contribution in [3.8, 4) is 0 Å². The zero-order valence-electron chi connectivity index (χ0n) is 14.3. The summed E-state index contributed by atoms with van der Waals surface area (Å²) in [6.07, 6.45) is 4.96. The predicted octanol–water partition coefficient (Wildman–Crippen LogP) is 4.66. The smallest absolute Gasteiger partial charge is 0.0716 e. The van der Waals surface area contributed by atoms with Crippen LogP contribution in [0, 0.1) is 0 Å². The number of benzene rings is 2. The fourth-order valence-corrected chi connectivity index (χ4v) is 2.25. The second-order valence-corrected chi connectivity index (χ2v) is 5.66. The quantitative estimate of drug-likeness (QED) is 0.420. The third kappa shape index (κ3) is 8.61. The maximum absolute atomic E-state index is 5.64.